The van der Waals surface area contributed by atoms with Crippen molar-refractivity contribution in [1.82, 2.24) is 4.90 Å². The van der Waals surface area contributed by atoms with Crippen LogP contribution in [-0.2, 0) is 0 Å². The molecule has 4 nitrogen and oxygen atoms in total. The van der Waals surface area contributed by atoms with E-state index in [-0.39, 0.29) is 19.1 Å². The van der Waals surface area contributed by atoms with Crippen molar-refractivity contribution in [2.24, 2.45) is 0 Å². The summed E-state index contributed by atoms with van der Waals surface area (Å²) in [6.07, 6.45) is 0. The molecule has 0 radical (unpaired) electrons. The zero-order chi connectivity index (χ0) is 11.7. The van der Waals surface area contributed by atoms with Crippen LogP contribution in [0, 0.1) is 11.3 Å². The largest absolute Gasteiger partial charge is 0.395 e. The number of fused-ring (bicyclic) bond motifs is 1. The fourth-order valence-electron chi connectivity index (χ4n) is 1.90. The zero-order valence-corrected chi connectivity index (χ0v) is 9.11. The number of β-amino-alcohol motifs (C(OH)–C–C–N with tert-alkyl or cyclic N) is 1. The minimum Gasteiger partial charge on any atom is -0.395 e. The number of aliphatic hydroxyl groups excluding tert-OH is 1. The van der Waals surface area contributed by atoms with Crippen LogP contribution in [0.2, 0.25) is 5.02 Å². The van der Waals surface area contributed by atoms with Crippen molar-refractivity contribution in [1.29, 1.82) is 5.26 Å². The van der Waals surface area contributed by atoms with Crippen LogP contribution in [0.25, 0.3) is 0 Å². The van der Waals surface area contributed by atoms with Gasteiger partial charge in [0.25, 0.3) is 5.91 Å². The smallest absolute Gasteiger partial charge is 0.257 e. The number of aliphatic hydroxyl groups is 1. The lowest BCUT2D eigenvalue weighted by Gasteiger charge is -2.18. The van der Waals surface area contributed by atoms with Crippen molar-refractivity contribution in [3.8, 4) is 6.07 Å². The predicted molar refractivity (Wildman–Crippen MR) is 57.9 cm³/mol. The van der Waals surface area contributed by atoms with Gasteiger partial charge in [-0.15, -0.1) is 0 Å². The summed E-state index contributed by atoms with van der Waals surface area (Å²) >= 11 is 5.93. The third-order valence-corrected chi connectivity index (χ3v) is 2.90. The molecule has 0 fully saturated rings. The van der Waals surface area contributed by atoms with Crippen molar-refractivity contribution in [3.63, 3.8) is 0 Å². The van der Waals surface area contributed by atoms with Gasteiger partial charge in [-0.3, -0.25) is 4.79 Å². The normalized spacial score (nSPS) is 18.4. The van der Waals surface area contributed by atoms with E-state index >= 15 is 0 Å². The van der Waals surface area contributed by atoms with E-state index < -0.39 is 6.04 Å². The number of rotatable bonds is 2. The molecule has 0 aromatic heterocycles. The molecule has 0 bridgehead atoms. The minimum atomic E-state index is -0.645. The molecule has 0 saturated heterocycles. The van der Waals surface area contributed by atoms with E-state index in [4.69, 9.17) is 22.0 Å². The van der Waals surface area contributed by atoms with Crippen molar-refractivity contribution >= 4 is 17.5 Å². The van der Waals surface area contributed by atoms with E-state index in [1.54, 1.807) is 18.2 Å². The number of carbonyl (C=O) groups excluding carboxylic acids is 1. The Morgan fingerprint density at radius 3 is 2.94 bits per heavy atom. The topological polar surface area (TPSA) is 64.3 Å². The highest BCUT2D eigenvalue weighted by Crippen LogP contribution is 2.36. The molecule has 1 unspecified atom stereocenters. The van der Waals surface area contributed by atoms with Gasteiger partial charge in [0.05, 0.1) is 23.3 Å². The van der Waals surface area contributed by atoms with E-state index in [0.29, 0.717) is 16.1 Å². The third kappa shape index (κ3) is 1.45. The van der Waals surface area contributed by atoms with Crippen molar-refractivity contribution in [2.75, 3.05) is 13.2 Å². The highest BCUT2D eigenvalue weighted by molar-refractivity contribution is 6.34. The second kappa shape index (κ2) is 4.12. The summed E-state index contributed by atoms with van der Waals surface area (Å²) in [5.41, 5.74) is 0.998. The van der Waals surface area contributed by atoms with Crippen LogP contribution in [0.3, 0.4) is 0 Å². The van der Waals surface area contributed by atoms with Gasteiger partial charge in [-0.05, 0) is 6.07 Å². The number of benzene rings is 1. The van der Waals surface area contributed by atoms with E-state index in [1.807, 2.05) is 6.07 Å². The van der Waals surface area contributed by atoms with Gasteiger partial charge in [0.2, 0.25) is 0 Å². The molecule has 0 spiro atoms. The molecule has 0 saturated carbocycles. The SMILES string of the molecule is N#CC1c2cccc(Cl)c2C(=O)N1CCO. The number of nitriles is 1. The van der Waals surface area contributed by atoms with Gasteiger partial charge >= 0.3 is 0 Å². The van der Waals surface area contributed by atoms with Crippen LogP contribution in [0.4, 0.5) is 0 Å². The Morgan fingerprint density at radius 2 is 2.31 bits per heavy atom. The third-order valence-electron chi connectivity index (χ3n) is 2.59. The van der Waals surface area contributed by atoms with Gasteiger partial charge in [0.15, 0.2) is 0 Å². The van der Waals surface area contributed by atoms with Crippen molar-refractivity contribution < 1.29 is 9.90 Å². The maximum absolute atomic E-state index is 12.0. The Hall–Kier alpha value is -1.57. The fourth-order valence-corrected chi connectivity index (χ4v) is 2.16. The van der Waals surface area contributed by atoms with Gasteiger partial charge in [0, 0.05) is 12.1 Å². The average molecular weight is 237 g/mol. The maximum atomic E-state index is 12.0. The molecular weight excluding hydrogens is 228 g/mol. The number of nitrogens with zero attached hydrogens (tertiary/aromatic N) is 2. The molecule has 1 N–H and O–H groups in total. The lowest BCUT2D eigenvalue weighted by atomic mass is 10.1. The lowest BCUT2D eigenvalue weighted by molar-refractivity contribution is 0.0721. The molecule has 1 aromatic rings. The molecule has 1 heterocycles. The number of carbonyl (C=O) groups is 1. The number of halogens is 1. The highest BCUT2D eigenvalue weighted by atomic mass is 35.5. The molecule has 0 aliphatic carbocycles. The summed E-state index contributed by atoms with van der Waals surface area (Å²) in [6.45, 7) is -0.0302. The summed E-state index contributed by atoms with van der Waals surface area (Å²) in [4.78, 5) is 13.3. The van der Waals surface area contributed by atoms with E-state index in [2.05, 4.69) is 0 Å². The average Bonchev–Trinajstić information content (AvgIpc) is 2.54. The molecule has 1 aliphatic rings. The van der Waals surface area contributed by atoms with Crippen LogP contribution in [0.15, 0.2) is 18.2 Å². The number of amides is 1. The standard InChI is InChI=1S/C11H9ClN2O2/c12-8-3-1-2-7-9(6-13)14(4-5-15)11(16)10(7)8/h1-3,9,15H,4-5H2. The van der Waals surface area contributed by atoms with Gasteiger partial charge in [-0.1, -0.05) is 23.7 Å². The first-order valence-corrected chi connectivity index (χ1v) is 5.18. The van der Waals surface area contributed by atoms with Gasteiger partial charge in [0.1, 0.15) is 6.04 Å². The highest BCUT2D eigenvalue weighted by Gasteiger charge is 2.37. The summed E-state index contributed by atoms with van der Waals surface area (Å²) in [7, 11) is 0. The first kappa shape index (κ1) is 10.9. The first-order chi connectivity index (χ1) is 7.70. The van der Waals surface area contributed by atoms with Gasteiger partial charge in [-0.2, -0.15) is 5.26 Å². The molecule has 1 aliphatic heterocycles. The summed E-state index contributed by atoms with van der Waals surface area (Å²) < 4.78 is 0. The van der Waals surface area contributed by atoms with Gasteiger partial charge < -0.3 is 10.0 Å². The molecule has 16 heavy (non-hydrogen) atoms. The fraction of sp³-hybridized carbons (Fsp3) is 0.273. The zero-order valence-electron chi connectivity index (χ0n) is 8.35. The molecule has 1 atom stereocenters. The van der Waals surface area contributed by atoms with E-state index in [0.717, 1.165) is 0 Å². The van der Waals surface area contributed by atoms with Gasteiger partial charge in [-0.25, -0.2) is 0 Å². The van der Waals surface area contributed by atoms with Crippen LogP contribution in [-0.4, -0.2) is 29.1 Å². The Morgan fingerprint density at radius 1 is 1.56 bits per heavy atom. The van der Waals surface area contributed by atoms with Crippen LogP contribution in [0.5, 0.6) is 0 Å². The van der Waals surface area contributed by atoms with Crippen molar-refractivity contribution in [3.05, 3.63) is 34.3 Å². The molecular formula is C11H9ClN2O2. The van der Waals surface area contributed by atoms with Crippen LogP contribution < -0.4 is 0 Å². The monoisotopic (exact) mass is 236 g/mol. The van der Waals surface area contributed by atoms with Crippen LogP contribution in [0.1, 0.15) is 22.0 Å². The maximum Gasteiger partial charge on any atom is 0.257 e. The summed E-state index contributed by atoms with van der Waals surface area (Å²) in [5.74, 6) is -0.291. The quantitative estimate of drug-likeness (QED) is 0.843. The molecule has 1 aromatic carbocycles. The Labute approximate surface area is 97.7 Å². The van der Waals surface area contributed by atoms with Crippen molar-refractivity contribution in [2.45, 2.75) is 6.04 Å². The Kier molecular flexibility index (Phi) is 2.82. The first-order valence-electron chi connectivity index (χ1n) is 4.80. The lowest BCUT2D eigenvalue weighted by Crippen LogP contribution is -2.30. The molecule has 5 heteroatoms. The molecule has 2 rings (SSSR count). The Balaban J connectivity index is 2.53. The molecule has 1 amide bonds. The molecule has 82 valence electrons. The van der Waals surface area contributed by atoms with E-state index in [9.17, 15) is 4.79 Å². The summed E-state index contributed by atoms with van der Waals surface area (Å²) in [5, 5.41) is 18.3. The number of hydrogen-bond donors (Lipinski definition) is 1. The number of hydrogen-bond acceptors (Lipinski definition) is 3. The minimum absolute atomic E-state index is 0.141. The predicted octanol–water partition coefficient (Wildman–Crippen LogP) is 1.35. The Bertz CT molecular complexity index is 481. The second-order valence-corrected chi connectivity index (χ2v) is 3.87. The van der Waals surface area contributed by atoms with E-state index in [1.165, 1.54) is 4.90 Å². The van der Waals surface area contributed by atoms with Crippen LogP contribution >= 0.6 is 11.6 Å². The second-order valence-electron chi connectivity index (χ2n) is 3.46. The summed E-state index contributed by atoms with van der Waals surface area (Å²) in [6, 6.07) is 6.45.